The highest BCUT2D eigenvalue weighted by Crippen LogP contribution is 2.37. The van der Waals surface area contributed by atoms with Crippen LogP contribution in [0.25, 0.3) is 43.6 Å². The zero-order valence-electron chi connectivity index (χ0n) is 14.5. The summed E-state index contributed by atoms with van der Waals surface area (Å²) >= 11 is 1.75. The van der Waals surface area contributed by atoms with E-state index in [1.165, 1.54) is 43.6 Å². The maximum Gasteiger partial charge on any atom is 0.0817 e. The summed E-state index contributed by atoms with van der Waals surface area (Å²) in [5.41, 5.74) is 4.97. The van der Waals surface area contributed by atoms with Crippen LogP contribution in [0.4, 0.5) is 0 Å². The molecule has 2 aromatic heterocycles. The van der Waals surface area contributed by atoms with Crippen molar-refractivity contribution in [3.05, 3.63) is 97.1 Å². The van der Waals surface area contributed by atoms with Crippen LogP contribution < -0.4 is 0 Å². The first-order chi connectivity index (χ1) is 13.4. The van der Waals surface area contributed by atoms with Crippen molar-refractivity contribution in [3.63, 3.8) is 0 Å². The molecule has 0 amide bonds. The second-order valence-electron chi connectivity index (χ2n) is 6.74. The molecule has 0 bridgehead atoms. The Kier molecular flexibility index (Phi) is 3.13. The van der Waals surface area contributed by atoms with Crippen molar-refractivity contribution in [2.45, 2.75) is 0 Å². The Morgan fingerprint density at radius 2 is 0.630 bits per heavy atom. The summed E-state index contributed by atoms with van der Waals surface area (Å²) in [4.78, 5) is 0. The lowest BCUT2D eigenvalue weighted by molar-refractivity contribution is 1.33. The summed E-state index contributed by atoms with van der Waals surface area (Å²) < 4.78 is 4.70. The van der Waals surface area contributed by atoms with Crippen molar-refractivity contribution in [1.29, 1.82) is 0 Å². The summed E-state index contributed by atoms with van der Waals surface area (Å²) in [5.74, 6) is 0. The molecule has 2 nitrogen and oxygen atoms in total. The van der Waals surface area contributed by atoms with Crippen molar-refractivity contribution >= 4 is 55.7 Å². The van der Waals surface area contributed by atoms with Crippen LogP contribution in [-0.2, 0) is 0 Å². The number of para-hydroxylation sites is 4. The van der Waals surface area contributed by atoms with Crippen LogP contribution in [0.15, 0.2) is 97.1 Å². The van der Waals surface area contributed by atoms with Crippen LogP contribution in [0.3, 0.4) is 0 Å². The van der Waals surface area contributed by atoms with E-state index in [1.54, 1.807) is 12.1 Å². The van der Waals surface area contributed by atoms with Crippen LogP contribution in [0.1, 0.15) is 0 Å². The summed E-state index contributed by atoms with van der Waals surface area (Å²) in [6.45, 7) is 0. The van der Waals surface area contributed by atoms with Gasteiger partial charge in [-0.3, -0.25) is 7.94 Å². The fourth-order valence-corrected chi connectivity index (χ4v) is 5.18. The summed E-state index contributed by atoms with van der Waals surface area (Å²) in [5, 5.41) is 5.17. The molecule has 6 rings (SSSR count). The Labute approximate surface area is 160 Å². The molecule has 0 aliphatic carbocycles. The molecule has 0 saturated heterocycles. The second kappa shape index (κ2) is 5.66. The molecule has 0 aliphatic heterocycles. The minimum Gasteiger partial charge on any atom is -0.265 e. The smallest absolute Gasteiger partial charge is 0.0817 e. The van der Waals surface area contributed by atoms with Gasteiger partial charge in [0.25, 0.3) is 0 Å². The monoisotopic (exact) mass is 364 g/mol. The third-order valence-electron chi connectivity index (χ3n) is 5.24. The normalized spacial score (nSPS) is 11.9. The first kappa shape index (κ1) is 14.9. The molecule has 0 atom stereocenters. The van der Waals surface area contributed by atoms with Crippen LogP contribution in [0.2, 0.25) is 0 Å². The zero-order valence-corrected chi connectivity index (χ0v) is 15.4. The van der Waals surface area contributed by atoms with E-state index in [0.29, 0.717) is 0 Å². The van der Waals surface area contributed by atoms with Crippen LogP contribution in [0.5, 0.6) is 0 Å². The Morgan fingerprint density at radius 1 is 0.370 bits per heavy atom. The van der Waals surface area contributed by atoms with Crippen molar-refractivity contribution in [3.8, 4) is 0 Å². The lowest BCUT2D eigenvalue weighted by Crippen LogP contribution is -1.94. The average Bonchev–Trinajstić information content (AvgIpc) is 3.23. The number of hydrogen-bond acceptors (Lipinski definition) is 1. The molecule has 2 heterocycles. The number of nitrogens with zero attached hydrogens (tertiary/aromatic N) is 2. The minimum absolute atomic E-state index is 1.24. The average molecular weight is 364 g/mol. The molecule has 128 valence electrons. The van der Waals surface area contributed by atoms with Gasteiger partial charge in [-0.25, -0.2) is 0 Å². The number of benzene rings is 4. The van der Waals surface area contributed by atoms with Gasteiger partial charge in [-0.05, 0) is 24.3 Å². The Balaban J connectivity index is 1.70. The van der Waals surface area contributed by atoms with Crippen molar-refractivity contribution in [2.24, 2.45) is 0 Å². The van der Waals surface area contributed by atoms with Crippen LogP contribution in [0, 0.1) is 0 Å². The van der Waals surface area contributed by atoms with E-state index >= 15 is 0 Å². The first-order valence-corrected chi connectivity index (χ1v) is 9.80. The Morgan fingerprint density at radius 3 is 0.926 bits per heavy atom. The number of hydrogen-bond donors (Lipinski definition) is 0. The van der Waals surface area contributed by atoms with Gasteiger partial charge in [0, 0.05) is 21.5 Å². The van der Waals surface area contributed by atoms with Gasteiger partial charge in [0.05, 0.1) is 34.2 Å². The number of rotatable bonds is 2. The number of fused-ring (bicyclic) bond motifs is 6. The SMILES string of the molecule is c1ccc2c(c1)c1ccccc1n2Sn1c2ccccc2c2ccccc21. The van der Waals surface area contributed by atoms with Crippen molar-refractivity contribution < 1.29 is 0 Å². The molecule has 0 fully saturated rings. The zero-order chi connectivity index (χ0) is 17.8. The molecule has 0 N–H and O–H groups in total. The van der Waals surface area contributed by atoms with Gasteiger partial charge in [0.15, 0.2) is 0 Å². The highest BCUT2D eigenvalue weighted by molar-refractivity contribution is 7.97. The summed E-state index contributed by atoms with van der Waals surface area (Å²) in [6, 6.07) is 34.6. The molecular weight excluding hydrogens is 348 g/mol. The lowest BCUT2D eigenvalue weighted by atomic mass is 10.2. The highest BCUT2D eigenvalue weighted by atomic mass is 32.2. The van der Waals surface area contributed by atoms with Gasteiger partial charge in [-0.1, -0.05) is 72.8 Å². The molecule has 0 saturated carbocycles. The van der Waals surface area contributed by atoms with Crippen molar-refractivity contribution in [1.82, 2.24) is 7.94 Å². The summed E-state index contributed by atoms with van der Waals surface area (Å²) in [6.07, 6.45) is 0. The van der Waals surface area contributed by atoms with Gasteiger partial charge in [0.1, 0.15) is 0 Å². The van der Waals surface area contributed by atoms with Gasteiger partial charge < -0.3 is 0 Å². The van der Waals surface area contributed by atoms with Crippen LogP contribution >= 0.6 is 12.1 Å². The molecule has 0 aliphatic rings. The fraction of sp³-hybridized carbons (Fsp3) is 0. The first-order valence-electron chi connectivity index (χ1n) is 9.07. The molecular formula is C24H16N2S. The standard InChI is InChI=1S/C24H16N2S/c1-5-13-21-17(9-1)18-10-2-6-14-22(18)25(21)27-26-23-15-7-3-11-19(23)20-12-4-8-16-24(20)26/h1-16H. The predicted molar refractivity (Wildman–Crippen MR) is 117 cm³/mol. The molecule has 27 heavy (non-hydrogen) atoms. The molecule has 3 heteroatoms. The molecule has 6 aromatic rings. The van der Waals surface area contributed by atoms with E-state index in [2.05, 4.69) is 105 Å². The third kappa shape index (κ3) is 2.09. The van der Waals surface area contributed by atoms with Gasteiger partial charge >= 0.3 is 0 Å². The summed E-state index contributed by atoms with van der Waals surface area (Å²) in [7, 11) is 0. The van der Waals surface area contributed by atoms with Crippen molar-refractivity contribution in [2.75, 3.05) is 0 Å². The van der Waals surface area contributed by atoms with E-state index in [0.717, 1.165) is 0 Å². The highest BCUT2D eigenvalue weighted by Gasteiger charge is 2.15. The molecule has 0 unspecified atom stereocenters. The third-order valence-corrected chi connectivity index (χ3v) is 6.35. The van der Waals surface area contributed by atoms with E-state index < -0.39 is 0 Å². The second-order valence-corrected chi connectivity index (χ2v) is 7.63. The largest absolute Gasteiger partial charge is 0.265 e. The lowest BCUT2D eigenvalue weighted by Gasteiger charge is -2.09. The van der Waals surface area contributed by atoms with Gasteiger partial charge in [-0.15, -0.1) is 0 Å². The van der Waals surface area contributed by atoms with E-state index in [1.807, 2.05) is 0 Å². The van der Waals surface area contributed by atoms with Gasteiger partial charge in [-0.2, -0.15) is 0 Å². The fourth-order valence-electron chi connectivity index (χ4n) is 4.03. The van der Waals surface area contributed by atoms with E-state index in [-0.39, 0.29) is 0 Å². The maximum atomic E-state index is 2.35. The van der Waals surface area contributed by atoms with E-state index in [4.69, 9.17) is 0 Å². The number of aromatic nitrogens is 2. The molecule has 0 radical (unpaired) electrons. The van der Waals surface area contributed by atoms with Gasteiger partial charge in [0.2, 0.25) is 0 Å². The van der Waals surface area contributed by atoms with E-state index in [9.17, 15) is 0 Å². The maximum absolute atomic E-state index is 2.35. The minimum atomic E-state index is 1.24. The Bertz CT molecular complexity index is 1240. The molecule has 4 aromatic carbocycles. The van der Waals surface area contributed by atoms with Crippen LogP contribution in [-0.4, -0.2) is 7.94 Å². The Hall–Kier alpha value is -3.17. The molecule has 0 spiro atoms. The quantitative estimate of drug-likeness (QED) is 0.326. The topological polar surface area (TPSA) is 9.86 Å². The predicted octanol–water partition coefficient (Wildman–Crippen LogP) is 6.86.